The Morgan fingerprint density at radius 2 is 1.95 bits per heavy atom. The summed E-state index contributed by atoms with van der Waals surface area (Å²) in [5, 5.41) is 9.34. The lowest BCUT2D eigenvalue weighted by Crippen LogP contribution is -2.49. The van der Waals surface area contributed by atoms with Crippen molar-refractivity contribution < 1.29 is 9.90 Å². The zero-order valence-electron chi connectivity index (χ0n) is 12.4. The number of aliphatic hydroxyl groups excluding tert-OH is 1. The third-order valence-electron chi connectivity index (χ3n) is 3.89. The smallest absolute Gasteiger partial charge is 0.345 e. The number of anilines is 1. The molecule has 0 saturated heterocycles. The molecule has 2 amide bonds. The van der Waals surface area contributed by atoms with Crippen molar-refractivity contribution in [2.24, 2.45) is 9.98 Å². The Morgan fingerprint density at radius 3 is 2.67 bits per heavy atom. The molecule has 0 radical (unpaired) electrons. The lowest BCUT2D eigenvalue weighted by Gasteiger charge is -2.35. The molecule has 0 saturated carbocycles. The van der Waals surface area contributed by atoms with E-state index in [0.29, 0.717) is 18.9 Å². The van der Waals surface area contributed by atoms with Crippen LogP contribution in [0.1, 0.15) is 11.1 Å². The number of amidine groups is 1. The van der Waals surface area contributed by atoms with Gasteiger partial charge in [0.05, 0.1) is 24.5 Å². The monoisotopic (exact) mass is 286 g/mol. The van der Waals surface area contributed by atoms with Crippen molar-refractivity contribution in [1.29, 1.82) is 0 Å². The molecule has 1 aromatic carbocycles. The lowest BCUT2D eigenvalue weighted by molar-refractivity contribution is 0.223. The predicted octanol–water partition coefficient (Wildman–Crippen LogP) is 1.65. The minimum absolute atomic E-state index is 0.0112. The molecule has 2 heterocycles. The molecule has 0 bridgehead atoms. The van der Waals surface area contributed by atoms with Gasteiger partial charge in [0.1, 0.15) is 5.71 Å². The highest BCUT2D eigenvalue weighted by atomic mass is 16.3. The zero-order valence-corrected chi connectivity index (χ0v) is 12.4. The number of benzene rings is 1. The third-order valence-corrected chi connectivity index (χ3v) is 3.89. The first kappa shape index (κ1) is 13.8. The summed E-state index contributed by atoms with van der Waals surface area (Å²) in [6, 6.07) is 3.79. The highest BCUT2D eigenvalue weighted by Crippen LogP contribution is 2.36. The summed E-state index contributed by atoms with van der Waals surface area (Å²) >= 11 is 0. The van der Waals surface area contributed by atoms with E-state index >= 15 is 0 Å². The maximum Gasteiger partial charge on any atom is 0.345 e. The summed E-state index contributed by atoms with van der Waals surface area (Å²) in [5.74, 6) is 0.558. The molecule has 0 unspecified atom stereocenters. The second-order valence-corrected chi connectivity index (χ2v) is 5.43. The minimum atomic E-state index is -0.279. The van der Waals surface area contributed by atoms with Gasteiger partial charge in [-0.3, -0.25) is 0 Å². The Kier molecular flexibility index (Phi) is 3.25. The molecule has 0 fully saturated rings. The second kappa shape index (κ2) is 4.96. The molecule has 3 rings (SSSR count). The molecule has 0 atom stereocenters. The van der Waals surface area contributed by atoms with Crippen molar-refractivity contribution in [3.05, 3.63) is 23.3 Å². The van der Waals surface area contributed by atoms with Gasteiger partial charge in [0.15, 0.2) is 5.84 Å². The lowest BCUT2D eigenvalue weighted by atomic mass is 10.0. The number of fused-ring (bicyclic) bond motifs is 2. The molecule has 1 N–H and O–H groups in total. The number of β-amino-alcohol motifs (C(OH)–C–C–N with tert-alkyl or cyclic N) is 1. The fourth-order valence-corrected chi connectivity index (χ4v) is 2.58. The van der Waals surface area contributed by atoms with E-state index in [-0.39, 0.29) is 12.6 Å². The number of hydrogen-bond donors (Lipinski definition) is 1. The van der Waals surface area contributed by atoms with Gasteiger partial charge in [-0.15, -0.1) is 0 Å². The number of hydrogen-bond acceptors (Lipinski definition) is 4. The Morgan fingerprint density at radius 1 is 1.24 bits per heavy atom. The van der Waals surface area contributed by atoms with E-state index in [9.17, 15) is 9.90 Å². The van der Waals surface area contributed by atoms with Crippen molar-refractivity contribution in [3.63, 3.8) is 0 Å². The van der Waals surface area contributed by atoms with Gasteiger partial charge < -0.3 is 14.9 Å². The van der Waals surface area contributed by atoms with Crippen LogP contribution in [0.15, 0.2) is 22.1 Å². The molecular weight excluding hydrogens is 268 g/mol. The van der Waals surface area contributed by atoms with Crippen LogP contribution in [-0.2, 0) is 0 Å². The summed E-state index contributed by atoms with van der Waals surface area (Å²) in [6.07, 6.45) is 0. The molecular formula is C15H18N4O2. The SMILES string of the molecule is Cc1cc2c(cc1C)N(CCO)C1=NC(=O)N(C)CC1=N2. The van der Waals surface area contributed by atoms with Crippen LogP contribution >= 0.6 is 0 Å². The summed E-state index contributed by atoms with van der Waals surface area (Å²) in [4.78, 5) is 24.0. The van der Waals surface area contributed by atoms with E-state index in [1.165, 1.54) is 10.5 Å². The Balaban J connectivity index is 2.18. The van der Waals surface area contributed by atoms with Gasteiger partial charge in [-0.1, -0.05) is 0 Å². The van der Waals surface area contributed by atoms with Crippen molar-refractivity contribution in [3.8, 4) is 0 Å². The zero-order chi connectivity index (χ0) is 15.1. The van der Waals surface area contributed by atoms with Crippen LogP contribution in [0.3, 0.4) is 0 Å². The molecule has 0 aliphatic carbocycles. The molecule has 0 spiro atoms. The predicted molar refractivity (Wildman–Crippen MR) is 82.9 cm³/mol. The summed E-state index contributed by atoms with van der Waals surface area (Å²) < 4.78 is 0. The summed E-state index contributed by atoms with van der Waals surface area (Å²) in [5.41, 5.74) is 4.84. The molecule has 6 nitrogen and oxygen atoms in total. The molecule has 2 aliphatic rings. The number of carbonyl (C=O) groups excluding carboxylic acids is 1. The van der Waals surface area contributed by atoms with Crippen molar-refractivity contribution in [1.82, 2.24) is 4.90 Å². The molecule has 21 heavy (non-hydrogen) atoms. The maximum atomic E-state index is 11.8. The number of carbonyl (C=O) groups is 1. The quantitative estimate of drug-likeness (QED) is 0.899. The standard InChI is InChI=1S/C15H18N4O2/c1-9-6-11-13(7-10(9)2)19(4-5-20)14-12(16-11)8-18(3)15(21)17-14/h6-7,20H,4-5,8H2,1-3H3. The van der Waals surface area contributed by atoms with Gasteiger partial charge >= 0.3 is 6.03 Å². The number of amides is 2. The topological polar surface area (TPSA) is 68.5 Å². The van der Waals surface area contributed by atoms with E-state index in [2.05, 4.69) is 9.98 Å². The van der Waals surface area contributed by atoms with Gasteiger partial charge in [0, 0.05) is 13.6 Å². The third kappa shape index (κ3) is 2.21. The van der Waals surface area contributed by atoms with Gasteiger partial charge in [-0.2, -0.15) is 4.99 Å². The number of urea groups is 1. The molecule has 1 aromatic rings. The van der Waals surface area contributed by atoms with E-state index in [1.807, 2.05) is 30.9 Å². The summed E-state index contributed by atoms with van der Waals surface area (Å²) in [6.45, 7) is 4.90. The molecule has 0 aromatic heterocycles. The van der Waals surface area contributed by atoms with Crippen molar-refractivity contribution >= 4 is 29.0 Å². The first-order valence-electron chi connectivity index (χ1n) is 6.92. The van der Waals surface area contributed by atoms with Gasteiger partial charge in [-0.25, -0.2) is 9.79 Å². The number of nitrogens with zero attached hydrogens (tertiary/aromatic N) is 4. The minimum Gasteiger partial charge on any atom is -0.395 e. The summed E-state index contributed by atoms with van der Waals surface area (Å²) in [7, 11) is 1.71. The van der Waals surface area contributed by atoms with E-state index in [4.69, 9.17) is 0 Å². The molecule has 110 valence electrons. The van der Waals surface area contributed by atoms with Gasteiger partial charge in [0.2, 0.25) is 0 Å². The Labute approximate surface area is 123 Å². The number of aryl methyl sites for hydroxylation is 2. The Bertz CT molecular complexity index is 678. The van der Waals surface area contributed by atoms with Crippen LogP contribution in [0.2, 0.25) is 0 Å². The molecule has 2 aliphatic heterocycles. The largest absolute Gasteiger partial charge is 0.395 e. The van der Waals surface area contributed by atoms with Crippen LogP contribution in [0, 0.1) is 13.8 Å². The fraction of sp³-hybridized carbons (Fsp3) is 0.400. The number of rotatable bonds is 2. The van der Waals surface area contributed by atoms with Crippen molar-refractivity contribution in [2.75, 3.05) is 31.6 Å². The van der Waals surface area contributed by atoms with Crippen molar-refractivity contribution in [2.45, 2.75) is 13.8 Å². The van der Waals surface area contributed by atoms with Gasteiger partial charge in [0.25, 0.3) is 0 Å². The first-order valence-corrected chi connectivity index (χ1v) is 6.92. The highest BCUT2D eigenvalue weighted by molar-refractivity contribution is 6.51. The van der Waals surface area contributed by atoms with E-state index in [0.717, 1.165) is 22.6 Å². The fourth-order valence-electron chi connectivity index (χ4n) is 2.58. The number of aliphatic hydroxyl groups is 1. The normalized spacial score (nSPS) is 17.2. The van der Waals surface area contributed by atoms with E-state index in [1.54, 1.807) is 7.05 Å². The van der Waals surface area contributed by atoms with Crippen LogP contribution in [-0.4, -0.2) is 54.3 Å². The second-order valence-electron chi connectivity index (χ2n) is 5.43. The molecule has 6 heteroatoms. The van der Waals surface area contributed by atoms with Crippen LogP contribution in [0.5, 0.6) is 0 Å². The first-order chi connectivity index (χ1) is 10.0. The van der Waals surface area contributed by atoms with Gasteiger partial charge in [-0.05, 0) is 37.1 Å². The van der Waals surface area contributed by atoms with Crippen LogP contribution < -0.4 is 4.90 Å². The number of aliphatic imine (C=N–C) groups is 2. The van der Waals surface area contributed by atoms with E-state index < -0.39 is 0 Å². The average molecular weight is 286 g/mol. The highest BCUT2D eigenvalue weighted by Gasteiger charge is 2.32. The Hall–Kier alpha value is -2.21. The average Bonchev–Trinajstić information content (AvgIpc) is 2.43. The van der Waals surface area contributed by atoms with Crippen LogP contribution in [0.25, 0.3) is 0 Å². The van der Waals surface area contributed by atoms with Crippen LogP contribution in [0.4, 0.5) is 16.2 Å². The maximum absolute atomic E-state index is 11.8.